The number of carbonyl (C=O) groups excluding carboxylic acids is 1. The van der Waals surface area contributed by atoms with Crippen LogP contribution in [0.2, 0.25) is 0 Å². The van der Waals surface area contributed by atoms with Crippen LogP contribution >= 0.6 is 0 Å². The van der Waals surface area contributed by atoms with Gasteiger partial charge in [0.2, 0.25) is 0 Å². The third-order valence-corrected chi connectivity index (χ3v) is 2.12. The molecule has 1 atom stereocenters. The molecule has 76 valence electrons. The highest BCUT2D eigenvalue weighted by molar-refractivity contribution is 5.75. The van der Waals surface area contributed by atoms with E-state index in [1.54, 1.807) is 12.1 Å². The van der Waals surface area contributed by atoms with Crippen LogP contribution in [-0.4, -0.2) is 10.9 Å². The number of hydrogen-bond donors (Lipinski definition) is 2. The van der Waals surface area contributed by atoms with Crippen molar-refractivity contribution >= 4 is 11.5 Å². The highest BCUT2D eigenvalue weighted by atomic mass is 16.3. The van der Waals surface area contributed by atoms with Gasteiger partial charge in [-0.25, -0.2) is 0 Å². The average molecular weight is 193 g/mol. The first kappa shape index (κ1) is 10.7. The average Bonchev–Trinajstić information content (AvgIpc) is 2.15. The van der Waals surface area contributed by atoms with E-state index < -0.39 is 6.10 Å². The molecule has 1 unspecified atom stereocenters. The van der Waals surface area contributed by atoms with Crippen molar-refractivity contribution < 1.29 is 9.90 Å². The number of hydrogen-bond acceptors (Lipinski definition) is 3. The third-order valence-electron chi connectivity index (χ3n) is 2.12. The number of carbonyl (C=O) groups is 1. The molecule has 0 bridgehead atoms. The lowest BCUT2D eigenvalue weighted by molar-refractivity contribution is -0.117. The normalized spacial score (nSPS) is 12.4. The number of Topliss-reactive ketones (excluding diaryl/α,β-unsaturated/α-hetero) is 1. The summed E-state index contributed by atoms with van der Waals surface area (Å²) < 4.78 is 0. The van der Waals surface area contributed by atoms with E-state index >= 15 is 0 Å². The van der Waals surface area contributed by atoms with Crippen molar-refractivity contribution in [2.24, 2.45) is 0 Å². The second-order valence-electron chi connectivity index (χ2n) is 3.39. The van der Waals surface area contributed by atoms with E-state index in [4.69, 9.17) is 5.73 Å². The molecule has 0 amide bonds. The van der Waals surface area contributed by atoms with Gasteiger partial charge in [-0.1, -0.05) is 18.2 Å². The number of ketones is 1. The zero-order valence-corrected chi connectivity index (χ0v) is 8.23. The van der Waals surface area contributed by atoms with Crippen molar-refractivity contribution in [2.45, 2.75) is 25.9 Å². The van der Waals surface area contributed by atoms with E-state index in [1.807, 2.05) is 12.1 Å². The lowest BCUT2D eigenvalue weighted by Crippen LogP contribution is -2.03. The zero-order valence-electron chi connectivity index (χ0n) is 8.23. The molecule has 0 aliphatic heterocycles. The number of nitrogen functional groups attached to an aromatic ring is 1. The van der Waals surface area contributed by atoms with Gasteiger partial charge in [-0.3, -0.25) is 0 Å². The van der Waals surface area contributed by atoms with Gasteiger partial charge in [0.25, 0.3) is 0 Å². The molecule has 0 radical (unpaired) electrons. The third kappa shape index (κ3) is 2.85. The maximum atomic E-state index is 10.7. The van der Waals surface area contributed by atoms with Crippen LogP contribution in [0.15, 0.2) is 24.3 Å². The highest BCUT2D eigenvalue weighted by Gasteiger charge is 2.10. The van der Waals surface area contributed by atoms with Crippen molar-refractivity contribution in [2.75, 3.05) is 5.73 Å². The Bertz CT molecular complexity index is 323. The minimum atomic E-state index is -0.639. The predicted octanol–water partition coefficient (Wildman–Crippen LogP) is 1.67. The summed E-state index contributed by atoms with van der Waals surface area (Å²) in [5.41, 5.74) is 6.96. The number of anilines is 1. The molecule has 0 saturated carbocycles. The van der Waals surface area contributed by atoms with Crippen LogP contribution in [0.5, 0.6) is 0 Å². The van der Waals surface area contributed by atoms with Crippen molar-refractivity contribution in [1.29, 1.82) is 0 Å². The lowest BCUT2D eigenvalue weighted by atomic mass is 10.0. The Hall–Kier alpha value is -1.35. The van der Waals surface area contributed by atoms with E-state index in [9.17, 15) is 9.90 Å². The first-order valence-electron chi connectivity index (χ1n) is 4.63. The SMILES string of the molecule is CC(=O)CCC(O)c1ccccc1N. The van der Waals surface area contributed by atoms with E-state index in [0.29, 0.717) is 24.1 Å². The minimum absolute atomic E-state index is 0.0820. The highest BCUT2D eigenvalue weighted by Crippen LogP contribution is 2.23. The van der Waals surface area contributed by atoms with Crippen LogP contribution in [0.4, 0.5) is 5.69 Å². The second kappa shape index (κ2) is 4.77. The zero-order chi connectivity index (χ0) is 10.6. The van der Waals surface area contributed by atoms with E-state index in [0.717, 1.165) is 0 Å². The van der Waals surface area contributed by atoms with Crippen LogP contribution in [0.1, 0.15) is 31.4 Å². The van der Waals surface area contributed by atoms with Crippen LogP contribution in [0.3, 0.4) is 0 Å². The van der Waals surface area contributed by atoms with Crippen LogP contribution in [0.25, 0.3) is 0 Å². The van der Waals surface area contributed by atoms with Crippen LogP contribution in [-0.2, 0) is 4.79 Å². The van der Waals surface area contributed by atoms with Gasteiger partial charge < -0.3 is 15.6 Å². The predicted molar refractivity (Wildman–Crippen MR) is 55.7 cm³/mol. The molecule has 1 aromatic rings. The van der Waals surface area contributed by atoms with Gasteiger partial charge >= 0.3 is 0 Å². The lowest BCUT2D eigenvalue weighted by Gasteiger charge is -2.11. The Morgan fingerprint density at radius 2 is 2.14 bits per heavy atom. The smallest absolute Gasteiger partial charge is 0.129 e. The van der Waals surface area contributed by atoms with Crippen molar-refractivity contribution in [3.63, 3.8) is 0 Å². The number of rotatable bonds is 4. The van der Waals surface area contributed by atoms with Gasteiger partial charge in [-0.15, -0.1) is 0 Å². The fraction of sp³-hybridized carbons (Fsp3) is 0.364. The van der Waals surface area contributed by atoms with Crippen molar-refractivity contribution in [1.82, 2.24) is 0 Å². The summed E-state index contributed by atoms with van der Waals surface area (Å²) in [7, 11) is 0. The summed E-state index contributed by atoms with van der Waals surface area (Å²) >= 11 is 0. The van der Waals surface area contributed by atoms with Gasteiger partial charge in [0.05, 0.1) is 6.10 Å². The Labute approximate surface area is 83.6 Å². The molecule has 1 rings (SSSR count). The topological polar surface area (TPSA) is 63.3 Å². The minimum Gasteiger partial charge on any atom is -0.398 e. The van der Waals surface area contributed by atoms with Gasteiger partial charge in [0.15, 0.2) is 0 Å². The summed E-state index contributed by atoms with van der Waals surface area (Å²) in [6.07, 6.45) is 0.180. The monoisotopic (exact) mass is 193 g/mol. The Balaban J connectivity index is 2.65. The molecule has 3 heteroatoms. The Kier molecular flexibility index (Phi) is 3.65. The molecule has 0 aromatic heterocycles. The van der Waals surface area contributed by atoms with E-state index in [1.165, 1.54) is 6.92 Å². The summed E-state index contributed by atoms with van der Waals surface area (Å²) in [5, 5.41) is 9.72. The molecule has 3 N–H and O–H groups in total. The van der Waals surface area contributed by atoms with Crippen molar-refractivity contribution in [3.8, 4) is 0 Å². The number of para-hydroxylation sites is 1. The molecule has 0 spiro atoms. The molecule has 0 saturated heterocycles. The van der Waals surface area contributed by atoms with Crippen LogP contribution < -0.4 is 5.73 Å². The summed E-state index contributed by atoms with van der Waals surface area (Å²) in [4.78, 5) is 10.7. The number of aliphatic hydroxyl groups excluding tert-OH is 1. The summed E-state index contributed by atoms with van der Waals surface area (Å²) in [5.74, 6) is 0.0820. The number of benzene rings is 1. The van der Waals surface area contributed by atoms with E-state index in [-0.39, 0.29) is 5.78 Å². The maximum Gasteiger partial charge on any atom is 0.129 e. The fourth-order valence-corrected chi connectivity index (χ4v) is 1.31. The molecule has 3 nitrogen and oxygen atoms in total. The second-order valence-corrected chi connectivity index (χ2v) is 3.39. The van der Waals surface area contributed by atoms with Gasteiger partial charge in [0.1, 0.15) is 5.78 Å². The van der Waals surface area contributed by atoms with Crippen LogP contribution in [0, 0.1) is 0 Å². The molecule has 0 aliphatic rings. The first-order chi connectivity index (χ1) is 6.61. The van der Waals surface area contributed by atoms with Gasteiger partial charge in [0, 0.05) is 17.7 Å². The van der Waals surface area contributed by atoms with Crippen molar-refractivity contribution in [3.05, 3.63) is 29.8 Å². The Morgan fingerprint density at radius 1 is 1.50 bits per heavy atom. The molecular formula is C11H15NO2. The molecule has 0 aliphatic carbocycles. The molecule has 1 aromatic carbocycles. The number of nitrogens with two attached hydrogens (primary N) is 1. The quantitative estimate of drug-likeness (QED) is 0.715. The van der Waals surface area contributed by atoms with Gasteiger partial charge in [-0.2, -0.15) is 0 Å². The molecule has 0 heterocycles. The standard InChI is InChI=1S/C11H15NO2/c1-8(13)6-7-11(14)9-4-2-3-5-10(9)12/h2-5,11,14H,6-7,12H2,1H3. The summed E-state index contributed by atoms with van der Waals surface area (Å²) in [6, 6.07) is 7.16. The summed E-state index contributed by atoms with van der Waals surface area (Å²) in [6.45, 7) is 1.51. The first-order valence-corrected chi connectivity index (χ1v) is 4.63. The van der Waals surface area contributed by atoms with E-state index in [2.05, 4.69) is 0 Å². The Morgan fingerprint density at radius 3 is 2.71 bits per heavy atom. The largest absolute Gasteiger partial charge is 0.398 e. The fourth-order valence-electron chi connectivity index (χ4n) is 1.31. The van der Waals surface area contributed by atoms with Gasteiger partial charge in [-0.05, 0) is 19.4 Å². The molecule has 0 fully saturated rings. The maximum absolute atomic E-state index is 10.7. The molecule has 14 heavy (non-hydrogen) atoms. The number of aliphatic hydroxyl groups is 1. The molecular weight excluding hydrogens is 178 g/mol.